The van der Waals surface area contributed by atoms with E-state index < -0.39 is 30.0 Å². The third-order valence-electron chi connectivity index (χ3n) is 4.01. The number of halogens is 1. The number of hydrogen-bond acceptors (Lipinski definition) is 3. The number of carbonyl (C=O) groups excluding carboxylic acids is 1. The van der Waals surface area contributed by atoms with E-state index in [4.69, 9.17) is 16.3 Å². The first-order chi connectivity index (χ1) is 9.99. The van der Waals surface area contributed by atoms with Crippen molar-refractivity contribution in [2.45, 2.75) is 19.1 Å². The normalized spacial score (nSPS) is 29.6. The molecule has 0 saturated carbocycles. The standard InChI is InChI=1S/C15H14ClNO4/c1-7-8(16)3-2-4-9(7)17-14(18)12-10-5-6-11(21-10)13(12)15(19)20/h2-6,10-13H,1H3,(H,17,18)(H,19,20)/t10-,11+,12-,13-/m0/s1. The molecule has 1 saturated heterocycles. The van der Waals surface area contributed by atoms with Gasteiger partial charge in [0.25, 0.3) is 0 Å². The zero-order valence-electron chi connectivity index (χ0n) is 11.2. The number of carboxylic acids is 1. The minimum Gasteiger partial charge on any atom is -0.481 e. The third-order valence-corrected chi connectivity index (χ3v) is 4.42. The van der Waals surface area contributed by atoms with Crippen LogP contribution in [-0.4, -0.2) is 29.2 Å². The maximum atomic E-state index is 12.5. The molecule has 0 unspecified atom stereocenters. The molecule has 2 aliphatic rings. The van der Waals surface area contributed by atoms with Gasteiger partial charge in [0.1, 0.15) is 5.92 Å². The Morgan fingerprint density at radius 1 is 1.24 bits per heavy atom. The van der Waals surface area contributed by atoms with Crippen molar-refractivity contribution in [3.63, 3.8) is 0 Å². The van der Waals surface area contributed by atoms with Gasteiger partial charge >= 0.3 is 5.97 Å². The summed E-state index contributed by atoms with van der Waals surface area (Å²) in [4.78, 5) is 23.8. The summed E-state index contributed by atoms with van der Waals surface area (Å²) in [5.74, 6) is -2.95. The number of carbonyl (C=O) groups is 2. The number of benzene rings is 1. The minimum absolute atomic E-state index is 0.357. The Morgan fingerprint density at radius 3 is 2.57 bits per heavy atom. The van der Waals surface area contributed by atoms with Crippen LogP contribution in [0.4, 0.5) is 5.69 Å². The van der Waals surface area contributed by atoms with E-state index in [9.17, 15) is 14.7 Å². The van der Waals surface area contributed by atoms with Crippen LogP contribution in [0.2, 0.25) is 5.02 Å². The Labute approximate surface area is 126 Å². The van der Waals surface area contributed by atoms with Crippen LogP contribution in [0.15, 0.2) is 30.4 Å². The highest BCUT2D eigenvalue weighted by atomic mass is 35.5. The molecule has 2 heterocycles. The van der Waals surface area contributed by atoms with Crippen LogP contribution < -0.4 is 5.32 Å². The molecule has 1 amide bonds. The number of anilines is 1. The summed E-state index contributed by atoms with van der Waals surface area (Å²) in [7, 11) is 0. The topological polar surface area (TPSA) is 75.6 Å². The second-order valence-corrected chi connectivity index (χ2v) is 5.65. The van der Waals surface area contributed by atoms with Crippen molar-refractivity contribution >= 4 is 29.2 Å². The van der Waals surface area contributed by atoms with Gasteiger partial charge in [-0.05, 0) is 24.6 Å². The molecule has 0 radical (unpaired) electrons. The molecule has 1 aromatic rings. The second kappa shape index (κ2) is 5.16. The molecule has 5 nitrogen and oxygen atoms in total. The van der Waals surface area contributed by atoms with Gasteiger partial charge in [-0.2, -0.15) is 0 Å². The van der Waals surface area contributed by atoms with Crippen molar-refractivity contribution in [1.29, 1.82) is 0 Å². The first-order valence-corrected chi connectivity index (χ1v) is 6.99. The third kappa shape index (κ3) is 2.32. The summed E-state index contributed by atoms with van der Waals surface area (Å²) in [6, 6.07) is 5.20. The van der Waals surface area contributed by atoms with Crippen LogP contribution in [0.1, 0.15) is 5.56 Å². The number of ether oxygens (including phenoxy) is 1. The number of carboxylic acid groups (broad SMARTS) is 1. The highest BCUT2D eigenvalue weighted by Crippen LogP contribution is 2.40. The van der Waals surface area contributed by atoms with Crippen molar-refractivity contribution in [2.75, 3.05) is 5.32 Å². The Balaban J connectivity index is 1.84. The van der Waals surface area contributed by atoms with Crippen LogP contribution in [0, 0.1) is 18.8 Å². The Morgan fingerprint density at radius 2 is 1.90 bits per heavy atom. The zero-order valence-corrected chi connectivity index (χ0v) is 12.0. The molecule has 2 N–H and O–H groups in total. The monoisotopic (exact) mass is 307 g/mol. The van der Waals surface area contributed by atoms with Crippen molar-refractivity contribution in [2.24, 2.45) is 11.8 Å². The molecule has 110 valence electrons. The van der Waals surface area contributed by atoms with Gasteiger partial charge in [-0.3, -0.25) is 9.59 Å². The van der Waals surface area contributed by atoms with Gasteiger partial charge in [-0.15, -0.1) is 0 Å². The smallest absolute Gasteiger partial charge is 0.310 e. The lowest BCUT2D eigenvalue weighted by molar-refractivity contribution is -0.145. The lowest BCUT2D eigenvalue weighted by Crippen LogP contribution is -2.39. The zero-order chi connectivity index (χ0) is 15.1. The molecule has 3 rings (SSSR count). The SMILES string of the molecule is Cc1c(Cl)cccc1NC(=O)[C@@H]1[C@@H](C(=O)O)[C@H]2C=C[C@@H]1O2. The molecule has 4 atom stereocenters. The predicted octanol–water partition coefficient (Wildman–Crippen LogP) is 2.24. The molecular formula is C15H14ClNO4. The van der Waals surface area contributed by atoms with E-state index in [2.05, 4.69) is 5.32 Å². The van der Waals surface area contributed by atoms with Gasteiger partial charge in [0, 0.05) is 10.7 Å². The van der Waals surface area contributed by atoms with Gasteiger partial charge < -0.3 is 15.2 Å². The van der Waals surface area contributed by atoms with Crippen molar-refractivity contribution in [3.8, 4) is 0 Å². The summed E-state index contributed by atoms with van der Waals surface area (Å²) in [5.41, 5.74) is 1.34. The van der Waals surface area contributed by atoms with E-state index in [0.717, 1.165) is 5.56 Å². The second-order valence-electron chi connectivity index (χ2n) is 5.24. The molecule has 2 aliphatic heterocycles. The molecule has 1 fully saturated rings. The molecule has 0 aliphatic carbocycles. The van der Waals surface area contributed by atoms with E-state index in [1.54, 1.807) is 37.3 Å². The Hall–Kier alpha value is -1.85. The fraction of sp³-hybridized carbons (Fsp3) is 0.333. The van der Waals surface area contributed by atoms with Gasteiger partial charge in [0.05, 0.1) is 18.1 Å². The highest BCUT2D eigenvalue weighted by Gasteiger charge is 2.53. The number of fused-ring (bicyclic) bond motifs is 2. The molecule has 2 bridgehead atoms. The predicted molar refractivity (Wildman–Crippen MR) is 77.2 cm³/mol. The molecular weight excluding hydrogens is 294 g/mol. The fourth-order valence-corrected chi connectivity index (χ4v) is 3.05. The lowest BCUT2D eigenvalue weighted by atomic mass is 9.82. The average molecular weight is 308 g/mol. The summed E-state index contributed by atoms with van der Waals surface area (Å²) in [6.45, 7) is 1.80. The number of amides is 1. The summed E-state index contributed by atoms with van der Waals surface area (Å²) in [5, 5.41) is 12.6. The molecule has 1 aromatic carbocycles. The Bertz CT molecular complexity index is 643. The molecule has 21 heavy (non-hydrogen) atoms. The maximum Gasteiger partial charge on any atom is 0.310 e. The van der Waals surface area contributed by atoms with E-state index in [0.29, 0.717) is 10.7 Å². The van der Waals surface area contributed by atoms with Crippen LogP contribution >= 0.6 is 11.6 Å². The number of hydrogen-bond donors (Lipinski definition) is 2. The number of rotatable bonds is 3. The van der Waals surface area contributed by atoms with Gasteiger partial charge in [-0.1, -0.05) is 29.8 Å². The summed E-state index contributed by atoms with van der Waals surface area (Å²) < 4.78 is 5.49. The van der Waals surface area contributed by atoms with E-state index in [1.807, 2.05) is 0 Å². The van der Waals surface area contributed by atoms with Gasteiger partial charge in [-0.25, -0.2) is 0 Å². The lowest BCUT2D eigenvalue weighted by Gasteiger charge is -2.21. The number of nitrogens with one attached hydrogen (secondary N) is 1. The van der Waals surface area contributed by atoms with Crippen molar-refractivity contribution in [3.05, 3.63) is 40.9 Å². The van der Waals surface area contributed by atoms with E-state index >= 15 is 0 Å². The first-order valence-electron chi connectivity index (χ1n) is 6.61. The summed E-state index contributed by atoms with van der Waals surface area (Å²) in [6.07, 6.45) is 2.45. The maximum absolute atomic E-state index is 12.5. The summed E-state index contributed by atoms with van der Waals surface area (Å²) >= 11 is 6.02. The van der Waals surface area contributed by atoms with Crippen LogP contribution in [0.5, 0.6) is 0 Å². The van der Waals surface area contributed by atoms with Crippen LogP contribution in [-0.2, 0) is 14.3 Å². The molecule has 0 aromatic heterocycles. The molecule has 6 heteroatoms. The van der Waals surface area contributed by atoms with E-state index in [-0.39, 0.29) is 5.91 Å². The Kier molecular flexibility index (Phi) is 3.47. The fourth-order valence-electron chi connectivity index (χ4n) is 2.87. The van der Waals surface area contributed by atoms with Crippen molar-refractivity contribution in [1.82, 2.24) is 0 Å². The van der Waals surface area contributed by atoms with E-state index in [1.165, 1.54) is 0 Å². The van der Waals surface area contributed by atoms with Crippen LogP contribution in [0.25, 0.3) is 0 Å². The average Bonchev–Trinajstić information content (AvgIpc) is 3.04. The van der Waals surface area contributed by atoms with Crippen molar-refractivity contribution < 1.29 is 19.4 Å². The molecule has 0 spiro atoms. The van der Waals surface area contributed by atoms with Crippen LogP contribution in [0.3, 0.4) is 0 Å². The largest absolute Gasteiger partial charge is 0.481 e. The quantitative estimate of drug-likeness (QED) is 0.840. The minimum atomic E-state index is -1.02. The highest BCUT2D eigenvalue weighted by molar-refractivity contribution is 6.31. The number of aliphatic carboxylic acids is 1. The first kappa shape index (κ1) is 14.1. The van der Waals surface area contributed by atoms with Gasteiger partial charge in [0.2, 0.25) is 5.91 Å². The van der Waals surface area contributed by atoms with Gasteiger partial charge in [0.15, 0.2) is 0 Å².